The van der Waals surface area contributed by atoms with Crippen molar-refractivity contribution in [2.75, 3.05) is 13.1 Å². The lowest BCUT2D eigenvalue weighted by atomic mass is 10.1. The SMILES string of the molecule is Clc1ccc(OC2CCNCC2)o1. The highest BCUT2D eigenvalue weighted by Crippen LogP contribution is 2.22. The summed E-state index contributed by atoms with van der Waals surface area (Å²) in [6, 6.07) is 3.45. The maximum Gasteiger partial charge on any atom is 0.285 e. The first-order chi connectivity index (χ1) is 6.34. The fourth-order valence-electron chi connectivity index (χ4n) is 1.44. The molecule has 72 valence electrons. The predicted molar refractivity (Wildman–Crippen MR) is 50.2 cm³/mol. The van der Waals surface area contributed by atoms with Gasteiger partial charge in [-0.15, -0.1) is 0 Å². The first-order valence-corrected chi connectivity index (χ1v) is 4.85. The Kier molecular flexibility index (Phi) is 2.76. The van der Waals surface area contributed by atoms with Crippen molar-refractivity contribution in [3.05, 3.63) is 17.4 Å². The normalized spacial score (nSPS) is 18.8. The number of piperidine rings is 1. The Hall–Kier alpha value is -0.670. The van der Waals surface area contributed by atoms with Crippen molar-refractivity contribution in [3.8, 4) is 5.95 Å². The minimum atomic E-state index is 0.267. The lowest BCUT2D eigenvalue weighted by Crippen LogP contribution is -2.34. The summed E-state index contributed by atoms with van der Waals surface area (Å²) in [6.45, 7) is 2.03. The average Bonchev–Trinajstić information content (AvgIpc) is 2.53. The van der Waals surface area contributed by atoms with E-state index in [-0.39, 0.29) is 6.10 Å². The Morgan fingerprint density at radius 3 is 2.77 bits per heavy atom. The van der Waals surface area contributed by atoms with Gasteiger partial charge in [-0.2, -0.15) is 0 Å². The molecule has 0 bridgehead atoms. The van der Waals surface area contributed by atoms with Gasteiger partial charge in [-0.25, -0.2) is 0 Å². The van der Waals surface area contributed by atoms with E-state index < -0.39 is 0 Å². The van der Waals surface area contributed by atoms with Gasteiger partial charge in [0.05, 0.1) is 0 Å². The van der Waals surface area contributed by atoms with Crippen LogP contribution in [0.25, 0.3) is 0 Å². The van der Waals surface area contributed by atoms with Crippen LogP contribution in [0.1, 0.15) is 12.8 Å². The predicted octanol–water partition coefficient (Wildman–Crippen LogP) is 2.06. The number of hydrogen-bond donors (Lipinski definition) is 1. The van der Waals surface area contributed by atoms with Gasteiger partial charge < -0.3 is 14.5 Å². The van der Waals surface area contributed by atoms with E-state index in [2.05, 4.69) is 5.32 Å². The van der Waals surface area contributed by atoms with Gasteiger partial charge in [0, 0.05) is 12.1 Å². The van der Waals surface area contributed by atoms with Gasteiger partial charge in [-0.1, -0.05) is 0 Å². The van der Waals surface area contributed by atoms with E-state index in [0.29, 0.717) is 11.2 Å². The lowest BCUT2D eigenvalue weighted by molar-refractivity contribution is 0.126. The molecule has 4 heteroatoms. The molecule has 0 unspecified atom stereocenters. The third-order valence-corrected chi connectivity index (χ3v) is 2.32. The third-order valence-electron chi connectivity index (χ3n) is 2.12. The summed E-state index contributed by atoms with van der Waals surface area (Å²) < 4.78 is 10.7. The molecule has 1 aliphatic rings. The lowest BCUT2D eigenvalue weighted by Gasteiger charge is -2.22. The first kappa shape index (κ1) is 8.91. The number of furan rings is 1. The molecule has 3 nitrogen and oxygen atoms in total. The standard InChI is InChI=1S/C9H12ClNO2/c10-8-1-2-9(13-8)12-7-3-5-11-6-4-7/h1-2,7,11H,3-6H2. The summed E-state index contributed by atoms with van der Waals surface area (Å²) in [4.78, 5) is 0. The van der Waals surface area contributed by atoms with E-state index in [1.807, 2.05) is 0 Å². The fourth-order valence-corrected chi connectivity index (χ4v) is 1.58. The molecule has 0 atom stereocenters. The number of ether oxygens (including phenoxy) is 1. The molecule has 1 aromatic rings. The number of hydrogen-bond acceptors (Lipinski definition) is 3. The van der Waals surface area contributed by atoms with Crippen LogP contribution in [0, 0.1) is 0 Å². The molecule has 0 aromatic carbocycles. The molecular formula is C9H12ClNO2. The molecule has 1 fully saturated rings. The van der Waals surface area contributed by atoms with Gasteiger partial charge in [0.15, 0.2) is 5.22 Å². The Labute approximate surface area is 82.0 Å². The van der Waals surface area contributed by atoms with Crippen molar-refractivity contribution in [2.45, 2.75) is 18.9 Å². The second-order valence-electron chi connectivity index (χ2n) is 3.13. The molecule has 1 N–H and O–H groups in total. The Morgan fingerprint density at radius 2 is 2.15 bits per heavy atom. The van der Waals surface area contributed by atoms with Crippen LogP contribution >= 0.6 is 11.6 Å². The molecule has 0 aliphatic carbocycles. The van der Waals surface area contributed by atoms with Crippen molar-refractivity contribution in [3.63, 3.8) is 0 Å². The van der Waals surface area contributed by atoms with Gasteiger partial charge in [0.1, 0.15) is 6.10 Å². The van der Waals surface area contributed by atoms with Crippen LogP contribution in [0.3, 0.4) is 0 Å². The smallest absolute Gasteiger partial charge is 0.285 e. The van der Waals surface area contributed by atoms with E-state index in [1.54, 1.807) is 12.1 Å². The zero-order valence-electron chi connectivity index (χ0n) is 7.25. The van der Waals surface area contributed by atoms with Gasteiger partial charge in [-0.05, 0) is 37.5 Å². The van der Waals surface area contributed by atoms with Gasteiger partial charge in [0.2, 0.25) is 0 Å². The van der Waals surface area contributed by atoms with E-state index in [0.717, 1.165) is 25.9 Å². The van der Waals surface area contributed by atoms with Crippen LogP contribution in [0.15, 0.2) is 16.5 Å². The van der Waals surface area contributed by atoms with Gasteiger partial charge in [0.25, 0.3) is 5.95 Å². The van der Waals surface area contributed by atoms with Crippen molar-refractivity contribution < 1.29 is 9.15 Å². The minimum absolute atomic E-state index is 0.267. The van der Waals surface area contributed by atoms with Crippen molar-refractivity contribution >= 4 is 11.6 Å². The number of halogens is 1. The summed E-state index contributed by atoms with van der Waals surface area (Å²) in [5.74, 6) is 0.525. The maximum atomic E-state index is 5.62. The number of rotatable bonds is 2. The highest BCUT2D eigenvalue weighted by atomic mass is 35.5. The Balaban J connectivity index is 1.89. The van der Waals surface area contributed by atoms with Crippen molar-refractivity contribution in [1.82, 2.24) is 5.32 Å². The topological polar surface area (TPSA) is 34.4 Å². The molecular weight excluding hydrogens is 190 g/mol. The molecule has 1 aromatic heterocycles. The summed E-state index contributed by atoms with van der Waals surface area (Å²) in [5, 5.41) is 3.65. The number of nitrogens with one attached hydrogen (secondary N) is 1. The van der Waals surface area contributed by atoms with Crippen molar-refractivity contribution in [1.29, 1.82) is 0 Å². The van der Waals surface area contributed by atoms with E-state index in [9.17, 15) is 0 Å². The highest BCUT2D eigenvalue weighted by molar-refractivity contribution is 6.28. The molecule has 0 spiro atoms. The summed E-state index contributed by atoms with van der Waals surface area (Å²) in [5.41, 5.74) is 0. The third kappa shape index (κ3) is 2.39. The summed E-state index contributed by atoms with van der Waals surface area (Å²) >= 11 is 5.62. The van der Waals surface area contributed by atoms with E-state index in [1.165, 1.54) is 0 Å². The molecule has 2 heterocycles. The van der Waals surface area contributed by atoms with Gasteiger partial charge in [-0.3, -0.25) is 0 Å². The first-order valence-electron chi connectivity index (χ1n) is 4.47. The van der Waals surface area contributed by atoms with Crippen LogP contribution < -0.4 is 10.1 Å². The molecule has 13 heavy (non-hydrogen) atoms. The van der Waals surface area contributed by atoms with Crippen LogP contribution in [0.5, 0.6) is 5.95 Å². The van der Waals surface area contributed by atoms with E-state index in [4.69, 9.17) is 20.8 Å². The van der Waals surface area contributed by atoms with Crippen molar-refractivity contribution in [2.24, 2.45) is 0 Å². The second kappa shape index (κ2) is 4.03. The Morgan fingerprint density at radius 1 is 1.38 bits per heavy atom. The van der Waals surface area contributed by atoms with Gasteiger partial charge >= 0.3 is 0 Å². The molecule has 1 saturated heterocycles. The molecule has 2 rings (SSSR count). The molecule has 1 aliphatic heterocycles. The summed E-state index contributed by atoms with van der Waals surface area (Å²) in [6.07, 6.45) is 2.32. The van der Waals surface area contributed by atoms with Crippen LogP contribution in [-0.2, 0) is 0 Å². The zero-order chi connectivity index (χ0) is 9.10. The molecule has 0 saturated carbocycles. The Bertz CT molecular complexity index is 268. The quantitative estimate of drug-likeness (QED) is 0.796. The summed E-state index contributed by atoms with van der Waals surface area (Å²) in [7, 11) is 0. The maximum absolute atomic E-state index is 5.62. The minimum Gasteiger partial charge on any atom is -0.462 e. The van der Waals surface area contributed by atoms with Crippen LogP contribution in [0.4, 0.5) is 0 Å². The average molecular weight is 202 g/mol. The monoisotopic (exact) mass is 201 g/mol. The zero-order valence-corrected chi connectivity index (χ0v) is 8.01. The highest BCUT2D eigenvalue weighted by Gasteiger charge is 2.15. The molecule has 0 radical (unpaired) electrons. The molecule has 0 amide bonds. The second-order valence-corrected chi connectivity index (χ2v) is 3.50. The fraction of sp³-hybridized carbons (Fsp3) is 0.556. The van der Waals surface area contributed by atoms with Crippen LogP contribution in [0.2, 0.25) is 5.22 Å². The van der Waals surface area contributed by atoms with E-state index >= 15 is 0 Å². The largest absolute Gasteiger partial charge is 0.462 e. The van der Waals surface area contributed by atoms with Crippen LogP contribution in [-0.4, -0.2) is 19.2 Å².